The molecular formula is C85H52O2. The summed E-state index contributed by atoms with van der Waals surface area (Å²) in [6.07, 6.45) is 0.567. The van der Waals surface area contributed by atoms with E-state index in [1.165, 1.54) is 0 Å². The first-order chi connectivity index (χ1) is 43.0. The fourth-order valence-corrected chi connectivity index (χ4v) is 11.4. The second-order valence-corrected chi connectivity index (χ2v) is 21.1. The van der Waals surface area contributed by atoms with Crippen LogP contribution in [-0.4, -0.2) is 11.6 Å². The van der Waals surface area contributed by atoms with Crippen molar-refractivity contribution in [3.8, 4) is 47.4 Å². The van der Waals surface area contributed by atoms with Gasteiger partial charge in [0.25, 0.3) is 0 Å². The number of carbonyl (C=O) groups excluding carboxylic acids is 2. The first-order valence-electron chi connectivity index (χ1n) is 28.9. The normalized spacial score (nSPS) is 12.6. The molecule has 0 aromatic heterocycles. The highest BCUT2D eigenvalue weighted by Crippen LogP contribution is 2.53. The maximum Gasteiger partial charge on any atom is 0.195 e. The number of Topliss-reactive ketones (excluding diaryl/α,β-unsaturated/α-hetero) is 2. The van der Waals surface area contributed by atoms with Gasteiger partial charge in [-0.05, 0) is 123 Å². The molecule has 2 aliphatic rings. The highest BCUT2D eigenvalue weighted by Gasteiger charge is 2.38. The molecule has 0 amide bonds. The number of hydrogen-bond acceptors (Lipinski definition) is 2. The molecule has 0 fully saturated rings. The number of rotatable bonds is 9. The Hall–Kier alpha value is -12.0. The maximum absolute atomic E-state index is 15.8. The molecule has 0 radical (unpaired) electrons. The van der Waals surface area contributed by atoms with Crippen molar-refractivity contribution >= 4 is 56.2 Å². The Balaban J connectivity index is 1.03. The zero-order chi connectivity index (χ0) is 58.7. The first-order valence-corrected chi connectivity index (χ1v) is 28.9. The monoisotopic (exact) mass is 1100 g/mol. The minimum Gasteiger partial charge on any atom is -0.289 e. The Morgan fingerprint density at radius 1 is 0.195 bits per heavy atom. The minimum atomic E-state index is -0.0923. The smallest absolute Gasteiger partial charge is 0.195 e. The van der Waals surface area contributed by atoms with Crippen LogP contribution in [0.25, 0.3) is 44.6 Å². The summed E-state index contributed by atoms with van der Waals surface area (Å²) < 4.78 is 0. The van der Waals surface area contributed by atoms with E-state index in [-0.39, 0.29) is 11.6 Å². The van der Waals surface area contributed by atoms with Crippen LogP contribution in [0.2, 0.25) is 0 Å². The van der Waals surface area contributed by atoms with Gasteiger partial charge in [0.1, 0.15) is 0 Å². The molecule has 0 spiro atoms. The van der Waals surface area contributed by atoms with Crippen molar-refractivity contribution < 1.29 is 9.59 Å². The molecule has 11 aromatic rings. The van der Waals surface area contributed by atoms with E-state index in [0.29, 0.717) is 28.7 Å². The standard InChI is InChI=1S/C85H52O2/c86-84-80(68-36-17-5-18-37-68)76(78(82(84)70-40-21-7-22-41-70)74-56-64(35-25-34-60-26-9-1-10-27-60)54-65(57-74)47-44-61-28-11-2-12-29-61)72-50-52-73(53-51-72)77-79(83(71-42-23-8-24-43-71)85(87)81(77)69-38-19-6-20-39-69)75-58-66(48-45-62-30-13-3-14-31-62)55-67(59-75)49-46-63-32-15-4-16-33-63/h1-24,26-33,36-43,50-59H,34H2. The Morgan fingerprint density at radius 3 is 0.724 bits per heavy atom. The Morgan fingerprint density at radius 2 is 0.425 bits per heavy atom. The van der Waals surface area contributed by atoms with Crippen molar-refractivity contribution in [1.82, 2.24) is 0 Å². The van der Waals surface area contributed by atoms with Crippen LogP contribution in [0.1, 0.15) is 89.0 Å². The molecule has 11 aromatic carbocycles. The minimum absolute atomic E-state index is 0.0893. The van der Waals surface area contributed by atoms with Crippen LogP contribution in [0.5, 0.6) is 0 Å². The van der Waals surface area contributed by atoms with Gasteiger partial charge in [0, 0.05) is 89.9 Å². The summed E-state index contributed by atoms with van der Waals surface area (Å²) in [6, 6.07) is 101. The van der Waals surface area contributed by atoms with E-state index in [9.17, 15) is 0 Å². The van der Waals surface area contributed by atoms with E-state index >= 15 is 9.59 Å². The third-order valence-electron chi connectivity index (χ3n) is 15.3. The molecule has 0 unspecified atom stereocenters. The summed E-state index contributed by atoms with van der Waals surface area (Å²) in [6.45, 7) is 0. The van der Waals surface area contributed by atoms with Crippen molar-refractivity contribution in [3.05, 3.63) is 392 Å². The Bertz CT molecular complexity index is 4760. The molecule has 0 N–H and O–H groups in total. The van der Waals surface area contributed by atoms with Gasteiger partial charge >= 0.3 is 0 Å². The summed E-state index contributed by atoms with van der Waals surface area (Å²) in [7, 11) is 0. The summed E-state index contributed by atoms with van der Waals surface area (Å²) in [5.41, 5.74) is 18.7. The molecule has 2 heteroatoms. The molecule has 2 nitrogen and oxygen atoms in total. The van der Waals surface area contributed by atoms with E-state index in [1.54, 1.807) is 0 Å². The molecule has 2 aliphatic carbocycles. The van der Waals surface area contributed by atoms with Crippen molar-refractivity contribution in [3.63, 3.8) is 0 Å². The van der Waals surface area contributed by atoms with Gasteiger partial charge in [-0.25, -0.2) is 0 Å². The number of benzene rings is 11. The van der Waals surface area contributed by atoms with Crippen molar-refractivity contribution in [2.45, 2.75) is 6.42 Å². The van der Waals surface area contributed by atoms with Crippen molar-refractivity contribution in [1.29, 1.82) is 0 Å². The number of ketones is 2. The van der Waals surface area contributed by atoms with Gasteiger partial charge < -0.3 is 0 Å². The fraction of sp³-hybridized carbons (Fsp3) is 0.0118. The van der Waals surface area contributed by atoms with Crippen molar-refractivity contribution in [2.24, 2.45) is 0 Å². The van der Waals surface area contributed by atoms with Crippen LogP contribution in [0.15, 0.2) is 303 Å². The average molecular weight is 1110 g/mol. The molecule has 0 saturated carbocycles. The summed E-state index contributed by atoms with van der Waals surface area (Å²) in [4.78, 5) is 31.7. The predicted octanol–water partition coefficient (Wildman–Crippen LogP) is 17.7. The highest BCUT2D eigenvalue weighted by molar-refractivity contribution is 6.60. The lowest BCUT2D eigenvalue weighted by atomic mass is 9.85. The Labute approximate surface area is 508 Å². The lowest BCUT2D eigenvalue weighted by Crippen LogP contribution is -2.02. The maximum atomic E-state index is 15.8. The first kappa shape index (κ1) is 54.2. The molecule has 0 bridgehead atoms. The van der Waals surface area contributed by atoms with Crippen LogP contribution in [0.3, 0.4) is 0 Å². The molecule has 0 aliphatic heterocycles. The highest BCUT2D eigenvalue weighted by atomic mass is 16.1. The van der Waals surface area contributed by atoms with Gasteiger partial charge in [0.15, 0.2) is 11.6 Å². The molecular weight excluding hydrogens is 1050 g/mol. The second kappa shape index (κ2) is 25.2. The quantitative estimate of drug-likeness (QED) is 0.135. The predicted molar refractivity (Wildman–Crippen MR) is 357 cm³/mol. The van der Waals surface area contributed by atoms with Gasteiger partial charge in [-0.3, -0.25) is 9.59 Å². The SMILES string of the molecule is O=C1C(c2ccccc2)=C(c2ccc(C3=C(c4ccccc4)C(=O)C(c4ccccc4)=C3c3cc(C#Cc4ccccc4)cc(C#Cc4ccccc4)c3)cc2)C(c2cc(C#CCc3ccccc3)cc(C#Cc3ccccc3)c2)=C1c1ccccc1. The lowest BCUT2D eigenvalue weighted by molar-refractivity contribution is -0.109. The van der Waals surface area contributed by atoms with Gasteiger partial charge in [0.2, 0.25) is 0 Å². The summed E-state index contributed by atoms with van der Waals surface area (Å²) >= 11 is 0. The van der Waals surface area contributed by atoms with Crippen LogP contribution < -0.4 is 0 Å². The second-order valence-electron chi connectivity index (χ2n) is 21.1. The number of allylic oxidation sites excluding steroid dienone is 8. The van der Waals surface area contributed by atoms with Gasteiger partial charge in [-0.15, -0.1) is 0 Å². The van der Waals surface area contributed by atoms with E-state index in [2.05, 4.69) is 108 Å². The molecule has 0 heterocycles. The van der Waals surface area contributed by atoms with E-state index in [0.717, 1.165) is 111 Å². The zero-order valence-corrected chi connectivity index (χ0v) is 47.4. The number of hydrogen-bond donors (Lipinski definition) is 0. The van der Waals surface area contributed by atoms with Gasteiger partial charge in [0.05, 0.1) is 0 Å². The molecule has 13 rings (SSSR count). The summed E-state index contributed by atoms with van der Waals surface area (Å²) in [5, 5.41) is 0. The fourth-order valence-electron chi connectivity index (χ4n) is 11.4. The van der Waals surface area contributed by atoms with Crippen LogP contribution in [-0.2, 0) is 16.0 Å². The topological polar surface area (TPSA) is 34.1 Å². The zero-order valence-electron chi connectivity index (χ0n) is 47.4. The molecule has 404 valence electrons. The van der Waals surface area contributed by atoms with Crippen LogP contribution in [0.4, 0.5) is 0 Å². The van der Waals surface area contributed by atoms with E-state index in [4.69, 9.17) is 0 Å². The lowest BCUT2D eigenvalue weighted by Gasteiger charge is -2.17. The molecule has 87 heavy (non-hydrogen) atoms. The molecule has 0 saturated heterocycles. The van der Waals surface area contributed by atoms with Gasteiger partial charge in [-0.1, -0.05) is 278 Å². The van der Waals surface area contributed by atoms with Gasteiger partial charge in [-0.2, -0.15) is 0 Å². The Kier molecular flexibility index (Phi) is 15.7. The third-order valence-corrected chi connectivity index (χ3v) is 15.3. The third kappa shape index (κ3) is 12.0. The average Bonchev–Trinajstić information content (AvgIpc) is 1.65. The number of carbonyl (C=O) groups is 2. The largest absolute Gasteiger partial charge is 0.289 e. The van der Waals surface area contributed by atoms with E-state index < -0.39 is 0 Å². The van der Waals surface area contributed by atoms with Crippen LogP contribution >= 0.6 is 0 Å². The van der Waals surface area contributed by atoms with E-state index in [1.807, 2.05) is 243 Å². The molecule has 0 atom stereocenters. The van der Waals surface area contributed by atoms with Crippen molar-refractivity contribution in [2.75, 3.05) is 0 Å². The summed E-state index contributed by atoms with van der Waals surface area (Å²) in [5.74, 6) is 27.3. The van der Waals surface area contributed by atoms with Crippen LogP contribution in [0, 0.1) is 47.4 Å².